The fourth-order valence-electron chi connectivity index (χ4n) is 1.19. The first kappa shape index (κ1) is 8.74. The van der Waals surface area contributed by atoms with E-state index in [1.54, 1.807) is 11.8 Å². The first-order chi connectivity index (χ1) is 5.90. The van der Waals surface area contributed by atoms with Crippen LogP contribution in [-0.2, 0) is 6.42 Å². The molecule has 0 saturated heterocycles. The van der Waals surface area contributed by atoms with Gasteiger partial charge in [0.1, 0.15) is 0 Å². The van der Waals surface area contributed by atoms with Crippen LogP contribution in [0.1, 0.15) is 17.0 Å². The van der Waals surface area contributed by atoms with Crippen LogP contribution in [-0.4, -0.2) is 10.5 Å². The molecule has 2 rings (SSSR count). The molecule has 1 atom stereocenters. The van der Waals surface area contributed by atoms with Crippen LogP contribution >= 0.6 is 32.3 Å². The van der Waals surface area contributed by atoms with E-state index in [1.807, 2.05) is 11.3 Å². The molecule has 0 amide bonds. The zero-order chi connectivity index (χ0) is 8.39. The molecule has 0 bridgehead atoms. The second kappa shape index (κ2) is 3.91. The van der Waals surface area contributed by atoms with Crippen molar-refractivity contribution in [3.05, 3.63) is 16.6 Å². The Morgan fingerprint density at radius 2 is 2.58 bits per heavy atom. The molecule has 0 spiro atoms. The summed E-state index contributed by atoms with van der Waals surface area (Å²) in [6.07, 6.45) is 6.71. The molecule has 0 aromatic carbocycles. The lowest BCUT2D eigenvalue weighted by molar-refractivity contribution is 0.928. The Kier molecular flexibility index (Phi) is 2.84. The molecule has 1 nitrogen and oxygen atoms in total. The minimum absolute atomic E-state index is 1.04. The molecule has 0 aliphatic heterocycles. The van der Waals surface area contributed by atoms with Gasteiger partial charge in [-0.25, -0.2) is 4.98 Å². The van der Waals surface area contributed by atoms with E-state index in [9.17, 15) is 0 Å². The second-order valence-electron chi connectivity index (χ2n) is 2.54. The SMILES string of the molecule is PCSc1nc2c(s1)C=CCC2. The van der Waals surface area contributed by atoms with Crippen LogP contribution in [0.25, 0.3) is 6.08 Å². The average Bonchev–Trinajstić information content (AvgIpc) is 2.47. The molecule has 0 saturated carbocycles. The summed E-state index contributed by atoms with van der Waals surface area (Å²) < 4.78 is 1.21. The molecule has 1 heterocycles. The Bertz CT molecular complexity index is 306. The maximum Gasteiger partial charge on any atom is 0.151 e. The van der Waals surface area contributed by atoms with Crippen LogP contribution in [0, 0.1) is 0 Å². The lowest BCUT2D eigenvalue weighted by atomic mass is 10.1. The van der Waals surface area contributed by atoms with E-state index in [0.29, 0.717) is 0 Å². The minimum Gasteiger partial charge on any atom is -0.234 e. The molecule has 1 aliphatic rings. The number of allylic oxidation sites excluding steroid dienone is 1. The average molecular weight is 215 g/mol. The predicted octanol–water partition coefficient (Wildman–Crippen LogP) is 3.03. The normalized spacial score (nSPS) is 14.8. The molecular weight excluding hydrogens is 205 g/mol. The van der Waals surface area contributed by atoms with Crippen molar-refractivity contribution in [2.45, 2.75) is 17.2 Å². The first-order valence-corrected chi connectivity index (χ1v) is 6.51. The molecule has 0 radical (unpaired) electrons. The largest absolute Gasteiger partial charge is 0.234 e. The number of rotatable bonds is 2. The van der Waals surface area contributed by atoms with Crippen LogP contribution in [0.2, 0.25) is 0 Å². The number of nitrogens with zero attached hydrogens (tertiary/aromatic N) is 1. The van der Waals surface area contributed by atoms with E-state index in [4.69, 9.17) is 0 Å². The molecule has 1 aromatic heterocycles. The van der Waals surface area contributed by atoms with Gasteiger partial charge in [-0.2, -0.15) is 0 Å². The summed E-state index contributed by atoms with van der Waals surface area (Å²) in [5.41, 5.74) is 2.33. The van der Waals surface area contributed by atoms with Crippen LogP contribution in [0.4, 0.5) is 0 Å². The maximum atomic E-state index is 4.56. The zero-order valence-corrected chi connectivity index (χ0v) is 9.40. The van der Waals surface area contributed by atoms with Crippen molar-refractivity contribution in [2.75, 3.05) is 5.49 Å². The fourth-order valence-corrected chi connectivity index (χ4v) is 3.83. The molecule has 0 N–H and O–H groups in total. The zero-order valence-electron chi connectivity index (χ0n) is 6.62. The number of thioether (sulfide) groups is 1. The van der Waals surface area contributed by atoms with Crippen molar-refractivity contribution in [1.82, 2.24) is 4.98 Å². The van der Waals surface area contributed by atoms with Gasteiger partial charge in [-0.15, -0.1) is 20.6 Å². The highest BCUT2D eigenvalue weighted by Gasteiger charge is 2.10. The number of aromatic nitrogens is 1. The second-order valence-corrected chi connectivity index (χ2v) is 5.84. The number of fused-ring (bicyclic) bond motifs is 1. The van der Waals surface area contributed by atoms with Gasteiger partial charge in [-0.1, -0.05) is 17.8 Å². The summed E-state index contributed by atoms with van der Waals surface area (Å²) >= 11 is 3.62. The van der Waals surface area contributed by atoms with Crippen LogP contribution in [0.3, 0.4) is 0 Å². The van der Waals surface area contributed by atoms with Gasteiger partial charge < -0.3 is 0 Å². The summed E-state index contributed by atoms with van der Waals surface area (Å²) in [5, 5.41) is 0. The lowest BCUT2D eigenvalue weighted by Gasteiger charge is -1.99. The standard InChI is InChI=1S/C8H10NPS2/c10-5-11-8-9-6-3-1-2-4-7(6)12-8/h2,4H,1,3,5,10H2. The molecule has 64 valence electrons. The van der Waals surface area contributed by atoms with E-state index in [-0.39, 0.29) is 0 Å². The highest BCUT2D eigenvalue weighted by molar-refractivity contribution is 8.03. The Morgan fingerprint density at radius 3 is 3.33 bits per heavy atom. The van der Waals surface area contributed by atoms with E-state index in [2.05, 4.69) is 26.4 Å². The van der Waals surface area contributed by atoms with E-state index < -0.39 is 0 Å². The smallest absolute Gasteiger partial charge is 0.151 e. The van der Waals surface area contributed by atoms with E-state index in [0.717, 1.165) is 18.3 Å². The Labute approximate surface area is 82.9 Å². The number of aryl methyl sites for hydroxylation is 1. The monoisotopic (exact) mass is 215 g/mol. The topological polar surface area (TPSA) is 12.9 Å². The van der Waals surface area contributed by atoms with Crippen LogP contribution in [0.5, 0.6) is 0 Å². The van der Waals surface area contributed by atoms with Crippen molar-refractivity contribution >= 4 is 38.4 Å². The van der Waals surface area contributed by atoms with Gasteiger partial charge in [0, 0.05) is 5.49 Å². The van der Waals surface area contributed by atoms with Crippen LogP contribution in [0.15, 0.2) is 10.4 Å². The van der Waals surface area contributed by atoms with Gasteiger partial charge in [0.05, 0.1) is 10.6 Å². The molecule has 1 aliphatic carbocycles. The first-order valence-electron chi connectivity index (χ1n) is 3.89. The van der Waals surface area contributed by atoms with Crippen molar-refractivity contribution in [2.24, 2.45) is 0 Å². The maximum absolute atomic E-state index is 4.56. The molecule has 4 heteroatoms. The van der Waals surface area contributed by atoms with Gasteiger partial charge in [-0.05, 0) is 18.9 Å². The summed E-state index contributed by atoms with van der Waals surface area (Å²) in [5.74, 6) is 0. The quantitative estimate of drug-likeness (QED) is 0.555. The van der Waals surface area contributed by atoms with Gasteiger partial charge in [-0.3, -0.25) is 0 Å². The highest BCUT2D eigenvalue weighted by atomic mass is 32.2. The summed E-state index contributed by atoms with van der Waals surface area (Å²) in [6.45, 7) is 0. The lowest BCUT2D eigenvalue weighted by Crippen LogP contribution is -1.90. The predicted molar refractivity (Wildman–Crippen MR) is 59.9 cm³/mol. The Balaban J connectivity index is 2.27. The molecule has 1 unspecified atom stereocenters. The highest BCUT2D eigenvalue weighted by Crippen LogP contribution is 2.31. The summed E-state index contributed by atoms with van der Waals surface area (Å²) in [4.78, 5) is 5.92. The molecule has 12 heavy (non-hydrogen) atoms. The summed E-state index contributed by atoms with van der Waals surface area (Å²) in [7, 11) is 2.71. The van der Waals surface area contributed by atoms with Gasteiger partial charge in [0.2, 0.25) is 0 Å². The van der Waals surface area contributed by atoms with Crippen molar-refractivity contribution < 1.29 is 0 Å². The minimum atomic E-state index is 1.04. The van der Waals surface area contributed by atoms with Crippen molar-refractivity contribution in [3.63, 3.8) is 0 Å². The summed E-state index contributed by atoms with van der Waals surface area (Å²) in [6, 6.07) is 0. The Morgan fingerprint density at radius 1 is 1.67 bits per heavy atom. The van der Waals surface area contributed by atoms with Crippen LogP contribution < -0.4 is 0 Å². The number of hydrogen-bond donors (Lipinski definition) is 0. The third kappa shape index (κ3) is 1.73. The Hall–Kier alpha value is 0.150. The van der Waals surface area contributed by atoms with Crippen molar-refractivity contribution in [3.8, 4) is 0 Å². The molecule has 0 fully saturated rings. The van der Waals surface area contributed by atoms with Gasteiger partial charge in [0.15, 0.2) is 4.34 Å². The molecular formula is C8H10NPS2. The van der Waals surface area contributed by atoms with Gasteiger partial charge in [0.25, 0.3) is 0 Å². The third-order valence-corrected chi connectivity index (χ3v) is 4.20. The van der Waals surface area contributed by atoms with Crippen molar-refractivity contribution in [1.29, 1.82) is 0 Å². The van der Waals surface area contributed by atoms with E-state index in [1.165, 1.54) is 14.9 Å². The number of thiazole rings is 1. The third-order valence-electron chi connectivity index (χ3n) is 1.73. The fraction of sp³-hybridized carbons (Fsp3) is 0.375. The number of hydrogen-bond acceptors (Lipinski definition) is 3. The molecule has 1 aromatic rings. The van der Waals surface area contributed by atoms with Gasteiger partial charge >= 0.3 is 0 Å². The van der Waals surface area contributed by atoms with E-state index >= 15 is 0 Å².